The quantitative estimate of drug-likeness (QED) is 0.815. The highest BCUT2D eigenvalue weighted by Gasteiger charge is 2.22. The van der Waals surface area contributed by atoms with Gasteiger partial charge >= 0.3 is 5.97 Å². The fraction of sp³-hybridized carbons (Fsp3) is 0.538. The molecule has 1 heterocycles. The van der Waals surface area contributed by atoms with E-state index in [0.717, 1.165) is 0 Å². The van der Waals surface area contributed by atoms with Gasteiger partial charge in [-0.25, -0.2) is 0 Å². The van der Waals surface area contributed by atoms with Crippen molar-refractivity contribution < 1.29 is 14.3 Å². The van der Waals surface area contributed by atoms with Crippen molar-refractivity contribution in [3.05, 3.63) is 18.0 Å². The lowest BCUT2D eigenvalue weighted by molar-refractivity contribution is -0.141. The van der Waals surface area contributed by atoms with E-state index >= 15 is 0 Å². The van der Waals surface area contributed by atoms with E-state index in [0.29, 0.717) is 17.9 Å². The summed E-state index contributed by atoms with van der Waals surface area (Å²) in [5.74, 6) is -0.663. The molecule has 6 nitrogen and oxygen atoms in total. The smallest absolute Gasteiger partial charge is 0.325 e. The first-order chi connectivity index (χ1) is 8.90. The molecule has 0 saturated heterocycles. The van der Waals surface area contributed by atoms with Crippen molar-refractivity contribution in [3.8, 4) is 0 Å². The number of rotatable bonds is 5. The van der Waals surface area contributed by atoms with E-state index in [2.05, 4.69) is 4.74 Å². The molecule has 1 aromatic heterocycles. The van der Waals surface area contributed by atoms with Crippen LogP contribution < -0.4 is 5.73 Å². The maximum absolute atomic E-state index is 12.4. The number of nitrogens with zero attached hydrogens (tertiary/aromatic N) is 2. The first-order valence-corrected chi connectivity index (χ1v) is 6.24. The van der Waals surface area contributed by atoms with E-state index in [1.807, 2.05) is 20.8 Å². The predicted octanol–water partition coefficient (Wildman–Crippen LogP) is 1.29. The summed E-state index contributed by atoms with van der Waals surface area (Å²) in [5.41, 5.74) is 6.76. The van der Waals surface area contributed by atoms with Gasteiger partial charge in [-0.3, -0.25) is 9.59 Å². The maximum Gasteiger partial charge on any atom is 0.325 e. The minimum Gasteiger partial charge on any atom is -0.468 e. The third kappa shape index (κ3) is 3.49. The van der Waals surface area contributed by atoms with Gasteiger partial charge in [0.2, 0.25) is 0 Å². The summed E-state index contributed by atoms with van der Waals surface area (Å²) in [7, 11) is 1.30. The highest BCUT2D eigenvalue weighted by Crippen LogP contribution is 2.18. The van der Waals surface area contributed by atoms with Crippen LogP contribution in [-0.2, 0) is 9.53 Å². The van der Waals surface area contributed by atoms with Crippen LogP contribution in [0.15, 0.2) is 12.3 Å². The molecule has 0 fully saturated rings. The van der Waals surface area contributed by atoms with Gasteiger partial charge in [0.15, 0.2) is 0 Å². The van der Waals surface area contributed by atoms with Crippen LogP contribution in [0, 0.1) is 0 Å². The van der Waals surface area contributed by atoms with Crippen LogP contribution in [-0.4, -0.2) is 41.5 Å². The summed E-state index contributed by atoms with van der Waals surface area (Å²) >= 11 is 0. The normalized spacial score (nSPS) is 10.6. The first kappa shape index (κ1) is 15.1. The Morgan fingerprint density at radius 3 is 2.58 bits per heavy atom. The number of nitrogen functional groups attached to an aromatic ring is 1. The zero-order valence-electron chi connectivity index (χ0n) is 11.8. The molecule has 0 bridgehead atoms. The fourth-order valence-corrected chi connectivity index (χ4v) is 1.81. The molecule has 0 saturated carbocycles. The summed E-state index contributed by atoms with van der Waals surface area (Å²) in [6, 6.07) is 1.75. The van der Waals surface area contributed by atoms with Crippen LogP contribution in [0.1, 0.15) is 37.3 Å². The monoisotopic (exact) mass is 267 g/mol. The molecule has 6 heteroatoms. The summed E-state index contributed by atoms with van der Waals surface area (Å²) < 4.78 is 6.39. The number of aromatic nitrogens is 1. The van der Waals surface area contributed by atoms with E-state index in [9.17, 15) is 9.59 Å². The van der Waals surface area contributed by atoms with Gasteiger partial charge in [0, 0.05) is 18.8 Å². The molecule has 106 valence electrons. The van der Waals surface area contributed by atoms with Crippen molar-refractivity contribution >= 4 is 17.6 Å². The average molecular weight is 267 g/mol. The molecule has 1 aromatic rings. The summed E-state index contributed by atoms with van der Waals surface area (Å²) in [6.07, 6.45) is 1.73. The van der Waals surface area contributed by atoms with Crippen molar-refractivity contribution in [2.45, 2.75) is 26.8 Å². The Balaban J connectivity index is 3.00. The van der Waals surface area contributed by atoms with Gasteiger partial charge in [-0.15, -0.1) is 0 Å². The highest BCUT2D eigenvalue weighted by atomic mass is 16.5. The maximum atomic E-state index is 12.4. The molecular formula is C13H21N3O3. The molecule has 0 aromatic carbocycles. The van der Waals surface area contributed by atoms with Crippen LogP contribution in [0.5, 0.6) is 0 Å². The molecule has 0 unspecified atom stereocenters. The third-order valence-electron chi connectivity index (χ3n) is 2.86. The molecule has 0 aliphatic heterocycles. The van der Waals surface area contributed by atoms with Gasteiger partial charge in [-0.1, -0.05) is 0 Å². The minimum atomic E-state index is -0.439. The summed E-state index contributed by atoms with van der Waals surface area (Å²) in [5, 5.41) is 0. The van der Waals surface area contributed by atoms with E-state index in [1.165, 1.54) is 12.0 Å². The number of likely N-dealkylation sites (N-methyl/N-ethyl adjacent to an activating group) is 1. The molecule has 1 rings (SSSR count). The lowest BCUT2D eigenvalue weighted by atomic mass is 10.3. The molecule has 0 radical (unpaired) electrons. The number of nitrogens with two attached hydrogens (primary N) is 1. The van der Waals surface area contributed by atoms with Crippen LogP contribution in [0.25, 0.3) is 0 Å². The van der Waals surface area contributed by atoms with Gasteiger partial charge in [0.25, 0.3) is 5.91 Å². The average Bonchev–Trinajstić information content (AvgIpc) is 2.77. The van der Waals surface area contributed by atoms with Crippen molar-refractivity contribution in [3.63, 3.8) is 0 Å². The number of anilines is 1. The highest BCUT2D eigenvalue weighted by molar-refractivity contribution is 5.95. The lowest BCUT2D eigenvalue weighted by Gasteiger charge is -2.21. The summed E-state index contributed by atoms with van der Waals surface area (Å²) in [4.78, 5) is 25.1. The number of hydrogen-bond donors (Lipinski definition) is 1. The number of esters is 1. The van der Waals surface area contributed by atoms with Crippen LogP contribution in [0.2, 0.25) is 0 Å². The second-order valence-electron chi connectivity index (χ2n) is 4.56. The predicted molar refractivity (Wildman–Crippen MR) is 72.8 cm³/mol. The Bertz CT molecular complexity index is 466. The van der Waals surface area contributed by atoms with E-state index < -0.39 is 5.97 Å². The lowest BCUT2D eigenvalue weighted by Crippen LogP contribution is -2.37. The molecule has 0 aliphatic rings. The molecule has 0 atom stereocenters. The number of amides is 1. The van der Waals surface area contributed by atoms with Gasteiger partial charge in [0.05, 0.1) is 12.8 Å². The first-order valence-electron chi connectivity index (χ1n) is 6.24. The zero-order valence-corrected chi connectivity index (χ0v) is 11.8. The zero-order chi connectivity index (χ0) is 14.6. The number of carbonyl (C=O) groups is 2. The van der Waals surface area contributed by atoms with E-state index in [-0.39, 0.29) is 18.5 Å². The Morgan fingerprint density at radius 2 is 2.11 bits per heavy atom. The van der Waals surface area contributed by atoms with Crippen molar-refractivity contribution in [2.24, 2.45) is 0 Å². The van der Waals surface area contributed by atoms with Gasteiger partial charge in [0.1, 0.15) is 12.2 Å². The second-order valence-corrected chi connectivity index (χ2v) is 4.56. The van der Waals surface area contributed by atoms with Crippen molar-refractivity contribution in [1.82, 2.24) is 9.47 Å². The number of hydrogen-bond acceptors (Lipinski definition) is 4. The fourth-order valence-electron chi connectivity index (χ4n) is 1.81. The van der Waals surface area contributed by atoms with E-state index in [1.54, 1.807) is 16.8 Å². The largest absolute Gasteiger partial charge is 0.468 e. The van der Waals surface area contributed by atoms with Crippen LogP contribution in [0.3, 0.4) is 0 Å². The molecular weight excluding hydrogens is 246 g/mol. The number of ether oxygens (including phenoxy) is 1. The molecule has 1 amide bonds. The minimum absolute atomic E-state index is 0.0605. The Morgan fingerprint density at radius 1 is 1.47 bits per heavy atom. The van der Waals surface area contributed by atoms with Crippen molar-refractivity contribution in [2.75, 3.05) is 25.9 Å². The Kier molecular flexibility index (Phi) is 4.97. The standard InChI is InChI=1S/C13H21N3O3/c1-5-15(8-12(17)19-4)13(18)11-6-10(14)7-16(11)9(2)3/h6-7,9H,5,8,14H2,1-4H3. The van der Waals surface area contributed by atoms with Crippen molar-refractivity contribution in [1.29, 1.82) is 0 Å². The van der Waals surface area contributed by atoms with Gasteiger partial charge in [-0.2, -0.15) is 0 Å². The Hall–Kier alpha value is -1.98. The number of carbonyl (C=O) groups excluding carboxylic acids is 2. The Labute approximate surface area is 113 Å². The third-order valence-corrected chi connectivity index (χ3v) is 2.86. The van der Waals surface area contributed by atoms with E-state index in [4.69, 9.17) is 5.73 Å². The second kappa shape index (κ2) is 6.26. The van der Waals surface area contributed by atoms with Gasteiger partial charge in [-0.05, 0) is 26.8 Å². The van der Waals surface area contributed by atoms with Crippen LogP contribution >= 0.6 is 0 Å². The SMILES string of the molecule is CCN(CC(=O)OC)C(=O)c1cc(N)cn1C(C)C. The number of methoxy groups -OCH3 is 1. The summed E-state index contributed by atoms with van der Waals surface area (Å²) in [6.45, 7) is 6.11. The van der Waals surface area contributed by atoms with Gasteiger partial charge < -0.3 is 19.9 Å². The topological polar surface area (TPSA) is 77.6 Å². The molecule has 0 spiro atoms. The molecule has 0 aliphatic carbocycles. The molecule has 19 heavy (non-hydrogen) atoms. The van der Waals surface area contributed by atoms with Crippen LogP contribution in [0.4, 0.5) is 5.69 Å². The molecule has 2 N–H and O–H groups in total.